The number of nitrogens with zero attached hydrogens (tertiary/aromatic N) is 5. The first kappa shape index (κ1) is 23.9. The van der Waals surface area contributed by atoms with Gasteiger partial charge in [0.2, 0.25) is 5.91 Å². The summed E-state index contributed by atoms with van der Waals surface area (Å²) in [5.41, 5.74) is 2.39. The van der Waals surface area contributed by atoms with Gasteiger partial charge in [0.25, 0.3) is 0 Å². The zero-order valence-corrected chi connectivity index (χ0v) is 19.8. The zero-order valence-electron chi connectivity index (χ0n) is 19.8. The average Bonchev–Trinajstić information content (AvgIpc) is 3.48. The Labute approximate surface area is 208 Å². The number of aromatic nitrogens is 6. The molecular weight excluding hydrogens is 484 g/mol. The molecule has 0 aliphatic carbocycles. The Hall–Kier alpha value is -4.87. The molecular formula is C25H21F2N7O3. The SMILES string of the molecule is Cc1cc(-c2cncc3c2n(C)c(=O)n3CC(=O)Nc2ccc(F)cc2)cc(F)c1OCc1nnc[nH]1. The minimum absolute atomic E-state index is 0.0194. The number of ether oxygens (including phenoxy) is 1. The van der Waals surface area contributed by atoms with E-state index in [0.29, 0.717) is 39.2 Å². The number of hydrogen-bond donors (Lipinski definition) is 2. The normalized spacial score (nSPS) is 11.1. The number of aromatic amines is 1. The largest absolute Gasteiger partial charge is 0.482 e. The Balaban J connectivity index is 1.47. The number of hydrogen-bond acceptors (Lipinski definition) is 6. The van der Waals surface area contributed by atoms with Crippen LogP contribution in [-0.2, 0) is 25.0 Å². The third kappa shape index (κ3) is 4.68. The lowest BCUT2D eigenvalue weighted by molar-refractivity contribution is -0.116. The van der Waals surface area contributed by atoms with Crippen molar-refractivity contribution in [3.63, 3.8) is 0 Å². The topological polar surface area (TPSA) is 120 Å². The monoisotopic (exact) mass is 505 g/mol. The smallest absolute Gasteiger partial charge is 0.329 e. The van der Waals surface area contributed by atoms with Gasteiger partial charge >= 0.3 is 5.69 Å². The summed E-state index contributed by atoms with van der Waals surface area (Å²) >= 11 is 0. The van der Waals surface area contributed by atoms with Gasteiger partial charge in [-0.1, -0.05) is 0 Å². The molecule has 2 aromatic carbocycles. The molecule has 3 aromatic heterocycles. The summed E-state index contributed by atoms with van der Waals surface area (Å²) in [5, 5.41) is 10.1. The molecule has 10 nitrogen and oxygen atoms in total. The van der Waals surface area contributed by atoms with Crippen molar-refractivity contribution in [2.24, 2.45) is 7.05 Å². The first-order chi connectivity index (χ1) is 17.8. The van der Waals surface area contributed by atoms with Crippen LogP contribution in [0.2, 0.25) is 0 Å². The Morgan fingerprint density at radius 1 is 1.16 bits per heavy atom. The van der Waals surface area contributed by atoms with E-state index in [0.717, 1.165) is 0 Å². The van der Waals surface area contributed by atoms with Crippen molar-refractivity contribution in [3.05, 3.63) is 88.6 Å². The van der Waals surface area contributed by atoms with Crippen LogP contribution in [0.15, 0.2) is 59.9 Å². The van der Waals surface area contributed by atoms with E-state index >= 15 is 4.39 Å². The van der Waals surface area contributed by atoms with Gasteiger partial charge in [0.1, 0.15) is 25.3 Å². The summed E-state index contributed by atoms with van der Waals surface area (Å²) in [4.78, 5) is 32.7. The van der Waals surface area contributed by atoms with Gasteiger partial charge in [-0.3, -0.25) is 18.9 Å². The summed E-state index contributed by atoms with van der Waals surface area (Å²) < 4.78 is 36.5. The highest BCUT2D eigenvalue weighted by Crippen LogP contribution is 2.33. The van der Waals surface area contributed by atoms with E-state index in [1.54, 1.807) is 20.0 Å². The Morgan fingerprint density at radius 3 is 2.65 bits per heavy atom. The standard InChI is InChI=1S/C25H21F2N7O3/c1-14-7-15(8-19(27)24(14)37-12-21-29-13-30-32-21)18-9-28-10-20-23(18)33(2)25(36)34(20)11-22(35)31-17-5-3-16(26)4-6-17/h3-10,13H,11-12H2,1-2H3,(H,31,35)(H,29,30,32). The van der Waals surface area contributed by atoms with Gasteiger partial charge in [0.15, 0.2) is 17.4 Å². The fourth-order valence-electron chi connectivity index (χ4n) is 4.12. The second-order valence-corrected chi connectivity index (χ2v) is 8.37. The number of nitrogens with one attached hydrogen (secondary N) is 2. The molecule has 0 saturated carbocycles. The van der Waals surface area contributed by atoms with Crippen molar-refractivity contribution < 1.29 is 18.3 Å². The molecule has 188 valence electrons. The molecule has 37 heavy (non-hydrogen) atoms. The highest BCUT2D eigenvalue weighted by molar-refractivity contribution is 5.94. The summed E-state index contributed by atoms with van der Waals surface area (Å²) in [6.07, 6.45) is 4.42. The minimum atomic E-state index is -0.588. The van der Waals surface area contributed by atoms with Gasteiger partial charge in [0.05, 0.1) is 17.2 Å². The van der Waals surface area contributed by atoms with Crippen LogP contribution < -0.4 is 15.7 Å². The number of benzene rings is 2. The van der Waals surface area contributed by atoms with Crippen molar-refractivity contribution >= 4 is 22.6 Å². The third-order valence-corrected chi connectivity index (χ3v) is 5.83. The molecule has 0 fully saturated rings. The number of anilines is 1. The van der Waals surface area contributed by atoms with Gasteiger partial charge in [-0.15, -0.1) is 10.2 Å². The van der Waals surface area contributed by atoms with Crippen LogP contribution in [-0.4, -0.2) is 35.2 Å². The van der Waals surface area contributed by atoms with Crippen LogP contribution in [0, 0.1) is 18.6 Å². The number of carbonyl (C=O) groups excluding carboxylic acids is 1. The van der Waals surface area contributed by atoms with Crippen molar-refractivity contribution in [3.8, 4) is 16.9 Å². The maximum atomic E-state index is 15.1. The maximum Gasteiger partial charge on any atom is 0.329 e. The van der Waals surface area contributed by atoms with E-state index < -0.39 is 23.2 Å². The lowest BCUT2D eigenvalue weighted by Gasteiger charge is -2.12. The number of rotatable bonds is 7. The first-order valence-corrected chi connectivity index (χ1v) is 11.2. The van der Waals surface area contributed by atoms with Crippen molar-refractivity contribution in [2.45, 2.75) is 20.1 Å². The van der Waals surface area contributed by atoms with E-state index in [4.69, 9.17) is 4.74 Å². The number of aryl methyl sites for hydroxylation is 2. The van der Waals surface area contributed by atoms with Crippen LogP contribution in [0.4, 0.5) is 14.5 Å². The number of fused-ring (bicyclic) bond motifs is 1. The first-order valence-electron chi connectivity index (χ1n) is 11.2. The molecule has 0 radical (unpaired) electrons. The Kier molecular flexibility index (Phi) is 6.22. The third-order valence-electron chi connectivity index (χ3n) is 5.83. The van der Waals surface area contributed by atoms with Gasteiger partial charge in [-0.25, -0.2) is 13.6 Å². The molecule has 0 aliphatic rings. The van der Waals surface area contributed by atoms with Crippen LogP contribution in [0.25, 0.3) is 22.2 Å². The maximum absolute atomic E-state index is 15.1. The van der Waals surface area contributed by atoms with Crippen molar-refractivity contribution in [1.29, 1.82) is 0 Å². The lowest BCUT2D eigenvalue weighted by Crippen LogP contribution is -2.28. The second kappa shape index (κ2) is 9.64. The number of halogens is 2. The molecule has 0 bridgehead atoms. The highest BCUT2D eigenvalue weighted by atomic mass is 19.1. The van der Waals surface area contributed by atoms with Crippen molar-refractivity contribution in [1.82, 2.24) is 29.3 Å². The predicted molar refractivity (Wildman–Crippen MR) is 131 cm³/mol. The zero-order chi connectivity index (χ0) is 26.1. The van der Waals surface area contributed by atoms with Crippen LogP contribution in [0.1, 0.15) is 11.4 Å². The molecule has 0 unspecified atom stereocenters. The molecule has 5 aromatic rings. The quantitative estimate of drug-likeness (QED) is 0.350. The Bertz CT molecular complexity index is 1640. The fraction of sp³-hybridized carbons (Fsp3) is 0.160. The summed E-state index contributed by atoms with van der Waals surface area (Å²) in [5.74, 6) is -0.958. The second-order valence-electron chi connectivity index (χ2n) is 8.37. The average molecular weight is 505 g/mol. The molecule has 1 amide bonds. The molecule has 0 atom stereocenters. The van der Waals surface area contributed by atoms with E-state index in [9.17, 15) is 14.0 Å². The highest BCUT2D eigenvalue weighted by Gasteiger charge is 2.20. The lowest BCUT2D eigenvalue weighted by atomic mass is 10.0. The molecule has 5 rings (SSSR count). The van der Waals surface area contributed by atoms with Gasteiger partial charge < -0.3 is 15.0 Å². The summed E-state index contributed by atoms with van der Waals surface area (Å²) in [6.45, 7) is 1.44. The number of amides is 1. The summed E-state index contributed by atoms with van der Waals surface area (Å²) in [7, 11) is 1.57. The van der Waals surface area contributed by atoms with Crippen LogP contribution in [0.3, 0.4) is 0 Å². The molecule has 0 saturated heterocycles. The minimum Gasteiger partial charge on any atom is -0.482 e. The number of imidazole rings is 1. The molecule has 0 aliphatic heterocycles. The van der Waals surface area contributed by atoms with Crippen LogP contribution >= 0.6 is 0 Å². The van der Waals surface area contributed by atoms with E-state index in [1.807, 2.05) is 0 Å². The molecule has 12 heteroatoms. The molecule has 2 N–H and O–H groups in total. The van der Waals surface area contributed by atoms with E-state index in [2.05, 4.69) is 25.5 Å². The van der Waals surface area contributed by atoms with Gasteiger partial charge in [-0.05, 0) is 54.4 Å². The number of pyridine rings is 1. The van der Waals surface area contributed by atoms with Gasteiger partial charge in [-0.2, -0.15) is 0 Å². The fourth-order valence-corrected chi connectivity index (χ4v) is 4.12. The Morgan fingerprint density at radius 2 is 1.95 bits per heavy atom. The molecule has 0 spiro atoms. The molecule has 3 heterocycles. The predicted octanol–water partition coefficient (Wildman–Crippen LogP) is 3.32. The number of H-pyrrole nitrogens is 1. The summed E-state index contributed by atoms with van der Waals surface area (Å²) in [6, 6.07) is 8.34. The van der Waals surface area contributed by atoms with Gasteiger partial charge in [0, 0.05) is 24.5 Å². The van der Waals surface area contributed by atoms with Crippen molar-refractivity contribution in [2.75, 3.05) is 5.32 Å². The number of carbonyl (C=O) groups is 1. The van der Waals surface area contributed by atoms with E-state index in [-0.39, 0.29) is 18.9 Å². The van der Waals surface area contributed by atoms with Crippen LogP contribution in [0.5, 0.6) is 5.75 Å². The van der Waals surface area contributed by atoms with E-state index in [1.165, 1.54) is 58.2 Å².